The van der Waals surface area contributed by atoms with Crippen molar-refractivity contribution in [2.75, 3.05) is 7.05 Å². The molecule has 0 spiro atoms. The number of carboxylic acids is 1. The van der Waals surface area contributed by atoms with Crippen LogP contribution in [0.4, 0.5) is 0 Å². The smallest absolute Gasteiger partial charge is 0.329 e. The van der Waals surface area contributed by atoms with Crippen LogP contribution in [0.2, 0.25) is 0 Å². The number of fused-ring (bicyclic) bond motifs is 1. The van der Waals surface area contributed by atoms with Crippen molar-refractivity contribution < 1.29 is 19.1 Å². The number of hydrogen-bond acceptors (Lipinski definition) is 3. The minimum absolute atomic E-state index is 0.119. The molecule has 0 radical (unpaired) electrons. The molecule has 21 heavy (non-hydrogen) atoms. The summed E-state index contributed by atoms with van der Waals surface area (Å²) in [4.78, 5) is 24.8. The Labute approximate surface area is 130 Å². The Morgan fingerprint density at radius 1 is 1.29 bits per heavy atom. The Hall–Kier alpha value is -1.82. The van der Waals surface area contributed by atoms with Gasteiger partial charge in [-0.1, -0.05) is 0 Å². The molecule has 0 aliphatic rings. The summed E-state index contributed by atoms with van der Waals surface area (Å²) in [5.74, 6) is -1.43. The lowest BCUT2D eigenvalue weighted by Gasteiger charge is -2.30. The second kappa shape index (κ2) is 5.18. The lowest BCUT2D eigenvalue weighted by molar-refractivity contribution is -0.147. The first-order valence-electron chi connectivity index (χ1n) is 6.36. The predicted molar refractivity (Wildman–Crippen MR) is 82.5 cm³/mol. The van der Waals surface area contributed by atoms with Gasteiger partial charge in [-0.3, -0.25) is 4.79 Å². The zero-order chi connectivity index (χ0) is 15.9. The van der Waals surface area contributed by atoms with Gasteiger partial charge in [-0.2, -0.15) is 0 Å². The maximum absolute atomic E-state index is 12.4. The summed E-state index contributed by atoms with van der Waals surface area (Å²) < 4.78 is 6.34. The maximum Gasteiger partial charge on any atom is 0.329 e. The SMILES string of the molecule is Cc1cc(Br)c2oc(C(=O)N(C)C(C)(C)C(=O)O)cc2c1. The summed E-state index contributed by atoms with van der Waals surface area (Å²) in [5.41, 5.74) is 0.294. The second-order valence-electron chi connectivity index (χ2n) is 5.50. The van der Waals surface area contributed by atoms with E-state index in [1.54, 1.807) is 6.07 Å². The standard InChI is InChI=1S/C15H16BrNO4/c1-8-5-9-7-11(21-12(9)10(16)6-8)13(18)17(4)15(2,3)14(19)20/h5-7H,1-4H3,(H,19,20). The number of halogens is 1. The van der Waals surface area contributed by atoms with E-state index in [1.165, 1.54) is 20.9 Å². The highest BCUT2D eigenvalue weighted by Crippen LogP contribution is 2.30. The Morgan fingerprint density at radius 2 is 1.90 bits per heavy atom. The van der Waals surface area contributed by atoms with Gasteiger partial charge in [0.2, 0.25) is 0 Å². The molecule has 5 nitrogen and oxygen atoms in total. The molecule has 1 N–H and O–H groups in total. The number of aryl methyl sites for hydroxylation is 1. The molecule has 0 saturated heterocycles. The zero-order valence-electron chi connectivity index (χ0n) is 12.2. The van der Waals surface area contributed by atoms with Crippen molar-refractivity contribution in [3.8, 4) is 0 Å². The fourth-order valence-electron chi connectivity index (χ4n) is 1.92. The Balaban J connectivity index is 2.45. The van der Waals surface area contributed by atoms with E-state index in [9.17, 15) is 14.7 Å². The number of rotatable bonds is 3. The van der Waals surface area contributed by atoms with E-state index in [0.29, 0.717) is 5.58 Å². The fourth-order valence-corrected chi connectivity index (χ4v) is 2.59. The molecule has 0 aliphatic heterocycles. The van der Waals surface area contributed by atoms with Crippen LogP contribution in [-0.2, 0) is 4.79 Å². The van der Waals surface area contributed by atoms with Crippen molar-refractivity contribution in [2.45, 2.75) is 26.3 Å². The largest absolute Gasteiger partial charge is 0.480 e. The molecular formula is C15H16BrNO4. The van der Waals surface area contributed by atoms with Crippen LogP contribution in [0.15, 0.2) is 27.1 Å². The minimum atomic E-state index is -1.32. The fraction of sp³-hybridized carbons (Fsp3) is 0.333. The van der Waals surface area contributed by atoms with E-state index in [1.807, 2.05) is 19.1 Å². The second-order valence-corrected chi connectivity index (χ2v) is 6.36. The summed E-state index contributed by atoms with van der Waals surface area (Å²) >= 11 is 3.40. The molecule has 1 aromatic heterocycles. The predicted octanol–water partition coefficient (Wildman–Crippen LogP) is 3.44. The van der Waals surface area contributed by atoms with Crippen molar-refractivity contribution in [3.05, 3.63) is 34.0 Å². The molecule has 6 heteroatoms. The van der Waals surface area contributed by atoms with Crippen LogP contribution >= 0.6 is 15.9 Å². The number of amides is 1. The normalized spacial score (nSPS) is 11.7. The topological polar surface area (TPSA) is 70.8 Å². The summed E-state index contributed by atoms with van der Waals surface area (Å²) in [6.45, 7) is 4.88. The Morgan fingerprint density at radius 3 is 2.48 bits per heavy atom. The molecule has 0 aliphatic carbocycles. The first-order valence-corrected chi connectivity index (χ1v) is 7.15. The summed E-state index contributed by atoms with van der Waals surface area (Å²) in [6, 6.07) is 5.43. The van der Waals surface area contributed by atoms with Crippen molar-refractivity contribution in [1.82, 2.24) is 4.90 Å². The molecule has 2 rings (SSSR count). The van der Waals surface area contributed by atoms with Crippen molar-refractivity contribution in [2.24, 2.45) is 0 Å². The molecule has 1 aromatic carbocycles. The number of benzene rings is 1. The molecule has 1 amide bonds. The molecule has 0 atom stereocenters. The quantitative estimate of drug-likeness (QED) is 0.917. The lowest BCUT2D eigenvalue weighted by atomic mass is 10.0. The van der Waals surface area contributed by atoms with E-state index in [0.717, 1.165) is 20.3 Å². The summed E-state index contributed by atoms with van der Waals surface area (Å²) in [5, 5.41) is 9.99. The highest BCUT2D eigenvalue weighted by atomic mass is 79.9. The number of carboxylic acid groups (broad SMARTS) is 1. The summed E-state index contributed by atoms with van der Waals surface area (Å²) in [6.07, 6.45) is 0. The first-order chi connectivity index (χ1) is 9.64. The van der Waals surface area contributed by atoms with Gasteiger partial charge in [0.25, 0.3) is 5.91 Å². The van der Waals surface area contributed by atoms with E-state index >= 15 is 0 Å². The first kappa shape index (κ1) is 15.6. The van der Waals surface area contributed by atoms with Gasteiger partial charge in [0, 0.05) is 12.4 Å². The number of nitrogens with zero attached hydrogens (tertiary/aromatic N) is 1. The van der Waals surface area contributed by atoms with Crippen LogP contribution in [0, 0.1) is 6.92 Å². The van der Waals surface area contributed by atoms with E-state index in [4.69, 9.17) is 4.42 Å². The number of furan rings is 1. The molecule has 0 saturated carbocycles. The molecule has 112 valence electrons. The van der Waals surface area contributed by atoms with Crippen LogP contribution in [0.3, 0.4) is 0 Å². The van der Waals surface area contributed by atoms with E-state index in [-0.39, 0.29) is 5.76 Å². The molecule has 0 fully saturated rings. The van der Waals surface area contributed by atoms with Crippen LogP contribution in [-0.4, -0.2) is 34.5 Å². The van der Waals surface area contributed by atoms with Gasteiger partial charge in [0.1, 0.15) is 11.1 Å². The van der Waals surface area contributed by atoms with Gasteiger partial charge >= 0.3 is 5.97 Å². The van der Waals surface area contributed by atoms with Crippen LogP contribution < -0.4 is 0 Å². The highest BCUT2D eigenvalue weighted by molar-refractivity contribution is 9.10. The van der Waals surface area contributed by atoms with Gasteiger partial charge in [0.05, 0.1) is 4.47 Å². The maximum atomic E-state index is 12.4. The third-order valence-corrected chi connectivity index (χ3v) is 4.18. The highest BCUT2D eigenvalue weighted by Gasteiger charge is 2.36. The lowest BCUT2D eigenvalue weighted by Crippen LogP contribution is -2.50. The molecular weight excluding hydrogens is 338 g/mol. The van der Waals surface area contributed by atoms with Gasteiger partial charge < -0.3 is 14.4 Å². The van der Waals surface area contributed by atoms with Gasteiger partial charge in [-0.05, 0) is 60.5 Å². The third-order valence-electron chi connectivity index (χ3n) is 3.59. The van der Waals surface area contributed by atoms with Crippen molar-refractivity contribution in [3.63, 3.8) is 0 Å². The van der Waals surface area contributed by atoms with Crippen LogP contribution in [0.5, 0.6) is 0 Å². The molecule has 0 unspecified atom stereocenters. The van der Waals surface area contributed by atoms with Crippen molar-refractivity contribution >= 4 is 38.8 Å². The van der Waals surface area contributed by atoms with Gasteiger partial charge in [-0.15, -0.1) is 0 Å². The Kier molecular flexibility index (Phi) is 3.84. The molecule has 2 aromatic rings. The minimum Gasteiger partial charge on any atom is -0.480 e. The average Bonchev–Trinajstić information content (AvgIpc) is 2.80. The van der Waals surface area contributed by atoms with E-state index < -0.39 is 17.4 Å². The van der Waals surface area contributed by atoms with E-state index in [2.05, 4.69) is 15.9 Å². The number of aliphatic carboxylic acids is 1. The van der Waals surface area contributed by atoms with Crippen molar-refractivity contribution in [1.29, 1.82) is 0 Å². The van der Waals surface area contributed by atoms with Crippen LogP contribution in [0.1, 0.15) is 30.0 Å². The zero-order valence-corrected chi connectivity index (χ0v) is 13.8. The molecule has 1 heterocycles. The average molecular weight is 354 g/mol. The third kappa shape index (κ3) is 2.68. The number of carbonyl (C=O) groups is 2. The van der Waals surface area contributed by atoms with Crippen LogP contribution in [0.25, 0.3) is 11.0 Å². The van der Waals surface area contributed by atoms with Gasteiger partial charge in [-0.25, -0.2) is 4.79 Å². The molecule has 0 bridgehead atoms. The Bertz CT molecular complexity index is 733. The number of carbonyl (C=O) groups excluding carboxylic acids is 1. The van der Waals surface area contributed by atoms with Gasteiger partial charge in [0.15, 0.2) is 5.76 Å². The summed E-state index contributed by atoms with van der Waals surface area (Å²) in [7, 11) is 1.45. The number of likely N-dealkylation sites (N-methyl/N-ethyl adjacent to an activating group) is 1. The monoisotopic (exact) mass is 353 g/mol. The number of hydrogen-bond donors (Lipinski definition) is 1.